The van der Waals surface area contributed by atoms with Crippen LogP contribution in [0.5, 0.6) is 5.75 Å². The Kier molecular flexibility index (Phi) is 7.27. The number of thioether (sulfide) groups is 1. The number of aromatic nitrogens is 2. The van der Waals surface area contributed by atoms with Crippen LogP contribution in [0.15, 0.2) is 76.7 Å². The molecule has 7 nitrogen and oxygen atoms in total. The van der Waals surface area contributed by atoms with E-state index in [1.807, 2.05) is 42.5 Å². The molecule has 1 amide bonds. The monoisotopic (exact) mass is 521 g/mol. The van der Waals surface area contributed by atoms with Gasteiger partial charge in [-0.1, -0.05) is 41.6 Å². The van der Waals surface area contributed by atoms with E-state index in [9.17, 15) is 9.59 Å². The maximum atomic E-state index is 13.7. The number of hydrogen-bond donors (Lipinski definition) is 0. The van der Waals surface area contributed by atoms with Gasteiger partial charge in [-0.3, -0.25) is 14.2 Å². The number of amides is 1. The molecule has 0 unspecified atom stereocenters. The molecule has 1 aromatic heterocycles. The number of fused-ring (bicyclic) bond motifs is 1. The summed E-state index contributed by atoms with van der Waals surface area (Å²) in [6.45, 7) is 2.14. The first kappa shape index (κ1) is 24.4. The van der Waals surface area contributed by atoms with Gasteiger partial charge in [-0.2, -0.15) is 0 Å². The van der Waals surface area contributed by atoms with E-state index in [0.29, 0.717) is 70.1 Å². The maximum Gasteiger partial charge on any atom is 0.266 e. The Morgan fingerprint density at radius 2 is 1.86 bits per heavy atom. The van der Waals surface area contributed by atoms with Gasteiger partial charge in [0.05, 0.1) is 36.9 Å². The Labute approximate surface area is 217 Å². The van der Waals surface area contributed by atoms with Crippen LogP contribution in [0.1, 0.15) is 15.9 Å². The zero-order valence-corrected chi connectivity index (χ0v) is 21.2. The molecule has 36 heavy (non-hydrogen) atoms. The van der Waals surface area contributed by atoms with E-state index in [0.717, 1.165) is 5.56 Å². The van der Waals surface area contributed by atoms with E-state index in [-0.39, 0.29) is 11.5 Å². The van der Waals surface area contributed by atoms with Crippen molar-refractivity contribution < 1.29 is 14.3 Å². The van der Waals surface area contributed by atoms with E-state index in [4.69, 9.17) is 26.1 Å². The van der Waals surface area contributed by atoms with Gasteiger partial charge in [0.25, 0.3) is 11.5 Å². The van der Waals surface area contributed by atoms with Gasteiger partial charge in [-0.15, -0.1) is 0 Å². The Bertz CT molecular complexity index is 1470. The fraction of sp³-hybridized carbons (Fsp3) is 0.222. The Hall–Kier alpha value is -3.33. The van der Waals surface area contributed by atoms with Crippen LogP contribution in [0.25, 0.3) is 16.6 Å². The molecular weight excluding hydrogens is 498 g/mol. The SMILES string of the molecule is COc1cccc(-n2c(SCc3ccc(Cl)cc3)nc3cc(C(=O)N4CCOCC4)ccc3c2=O)c1. The molecule has 0 spiro atoms. The van der Waals surface area contributed by atoms with Crippen LogP contribution in [0.2, 0.25) is 5.02 Å². The molecule has 0 N–H and O–H groups in total. The van der Waals surface area contributed by atoms with Crippen LogP contribution in [0, 0.1) is 0 Å². The molecule has 3 aromatic carbocycles. The summed E-state index contributed by atoms with van der Waals surface area (Å²) < 4.78 is 12.3. The van der Waals surface area contributed by atoms with Crippen molar-refractivity contribution in [2.45, 2.75) is 10.9 Å². The molecule has 0 saturated carbocycles. The molecule has 4 aromatic rings. The molecule has 5 rings (SSSR count). The second-order valence-electron chi connectivity index (χ2n) is 8.29. The highest BCUT2D eigenvalue weighted by atomic mass is 35.5. The predicted octanol–water partition coefficient (Wildman–Crippen LogP) is 4.81. The van der Waals surface area contributed by atoms with Crippen molar-refractivity contribution in [1.82, 2.24) is 14.5 Å². The highest BCUT2D eigenvalue weighted by Gasteiger charge is 2.20. The third-order valence-corrected chi connectivity index (χ3v) is 7.24. The summed E-state index contributed by atoms with van der Waals surface area (Å²) in [5, 5.41) is 1.62. The summed E-state index contributed by atoms with van der Waals surface area (Å²) in [5.74, 6) is 1.14. The van der Waals surface area contributed by atoms with Crippen molar-refractivity contribution in [3.05, 3.63) is 93.2 Å². The third-order valence-electron chi connectivity index (χ3n) is 5.98. The lowest BCUT2D eigenvalue weighted by molar-refractivity contribution is 0.0303. The average Bonchev–Trinajstić information content (AvgIpc) is 2.92. The number of carbonyl (C=O) groups excluding carboxylic acids is 1. The summed E-state index contributed by atoms with van der Waals surface area (Å²) >= 11 is 7.47. The third kappa shape index (κ3) is 5.11. The zero-order valence-electron chi connectivity index (χ0n) is 19.6. The molecule has 1 fully saturated rings. The normalized spacial score (nSPS) is 13.7. The number of nitrogens with zero attached hydrogens (tertiary/aromatic N) is 3. The van der Waals surface area contributed by atoms with Crippen LogP contribution in [0.4, 0.5) is 0 Å². The van der Waals surface area contributed by atoms with Crippen molar-refractivity contribution in [3.8, 4) is 11.4 Å². The van der Waals surface area contributed by atoms with Gasteiger partial charge in [0.1, 0.15) is 5.75 Å². The second kappa shape index (κ2) is 10.7. The summed E-state index contributed by atoms with van der Waals surface area (Å²) in [4.78, 5) is 33.4. The highest BCUT2D eigenvalue weighted by molar-refractivity contribution is 7.98. The summed E-state index contributed by atoms with van der Waals surface area (Å²) in [7, 11) is 1.59. The minimum atomic E-state index is -0.211. The van der Waals surface area contributed by atoms with Crippen LogP contribution in [-0.2, 0) is 10.5 Å². The van der Waals surface area contributed by atoms with Crippen LogP contribution >= 0.6 is 23.4 Å². The van der Waals surface area contributed by atoms with E-state index < -0.39 is 0 Å². The molecule has 0 atom stereocenters. The van der Waals surface area contributed by atoms with Crippen LogP contribution in [-0.4, -0.2) is 53.8 Å². The van der Waals surface area contributed by atoms with Gasteiger partial charge in [0.2, 0.25) is 0 Å². The lowest BCUT2D eigenvalue weighted by Crippen LogP contribution is -2.40. The number of morpholine rings is 1. The average molecular weight is 522 g/mol. The summed E-state index contributed by atoms with van der Waals surface area (Å²) in [5.41, 5.74) is 2.48. The molecule has 9 heteroatoms. The summed E-state index contributed by atoms with van der Waals surface area (Å²) in [6.07, 6.45) is 0. The Morgan fingerprint density at radius 3 is 2.61 bits per heavy atom. The molecule has 1 aliphatic rings. The van der Waals surface area contributed by atoms with Gasteiger partial charge in [0.15, 0.2) is 5.16 Å². The lowest BCUT2D eigenvalue weighted by atomic mass is 10.1. The molecule has 1 saturated heterocycles. The van der Waals surface area contributed by atoms with Gasteiger partial charge in [-0.25, -0.2) is 4.98 Å². The first-order valence-electron chi connectivity index (χ1n) is 11.5. The zero-order chi connectivity index (χ0) is 25.1. The standard InChI is InChI=1S/C27H24ClN3O4S/c1-34-22-4-2-3-21(16-22)31-26(33)23-10-7-19(25(32)30-11-13-35-14-12-30)15-24(23)29-27(31)36-17-18-5-8-20(28)9-6-18/h2-10,15-16H,11-14,17H2,1H3. The van der Waals surface area contributed by atoms with Crippen LogP contribution < -0.4 is 10.3 Å². The quantitative estimate of drug-likeness (QED) is 0.268. The number of ether oxygens (including phenoxy) is 2. The number of benzene rings is 3. The minimum Gasteiger partial charge on any atom is -0.497 e. The molecule has 0 radical (unpaired) electrons. The van der Waals surface area contributed by atoms with Crippen LogP contribution in [0.3, 0.4) is 0 Å². The van der Waals surface area contributed by atoms with Crippen molar-refractivity contribution in [2.75, 3.05) is 33.4 Å². The minimum absolute atomic E-state index is 0.0886. The van der Waals surface area contributed by atoms with Gasteiger partial charge < -0.3 is 14.4 Å². The van der Waals surface area contributed by atoms with E-state index in [1.165, 1.54) is 11.8 Å². The number of rotatable bonds is 6. The number of halogens is 1. The molecule has 0 bridgehead atoms. The summed E-state index contributed by atoms with van der Waals surface area (Å²) in [6, 6.07) is 20.0. The van der Waals surface area contributed by atoms with Gasteiger partial charge in [0, 0.05) is 35.5 Å². The van der Waals surface area contributed by atoms with Crippen molar-refractivity contribution in [3.63, 3.8) is 0 Å². The van der Waals surface area contributed by atoms with E-state index in [2.05, 4.69) is 0 Å². The smallest absolute Gasteiger partial charge is 0.266 e. The second-order valence-corrected chi connectivity index (χ2v) is 9.67. The Balaban J connectivity index is 1.59. The number of methoxy groups -OCH3 is 1. The molecule has 0 aliphatic carbocycles. The van der Waals surface area contributed by atoms with Gasteiger partial charge in [-0.05, 0) is 48.0 Å². The highest BCUT2D eigenvalue weighted by Crippen LogP contribution is 2.27. The number of hydrogen-bond acceptors (Lipinski definition) is 6. The lowest BCUT2D eigenvalue weighted by Gasteiger charge is -2.26. The molecule has 1 aliphatic heterocycles. The number of carbonyl (C=O) groups is 1. The van der Waals surface area contributed by atoms with Gasteiger partial charge >= 0.3 is 0 Å². The van der Waals surface area contributed by atoms with E-state index >= 15 is 0 Å². The molecular formula is C27H24ClN3O4S. The topological polar surface area (TPSA) is 73.7 Å². The fourth-order valence-electron chi connectivity index (χ4n) is 4.05. The van der Waals surface area contributed by atoms with Crippen molar-refractivity contribution in [1.29, 1.82) is 0 Å². The maximum absolute atomic E-state index is 13.7. The van der Waals surface area contributed by atoms with Crippen molar-refractivity contribution >= 4 is 40.2 Å². The first-order valence-corrected chi connectivity index (χ1v) is 12.9. The first-order chi connectivity index (χ1) is 17.5. The predicted molar refractivity (Wildman–Crippen MR) is 142 cm³/mol. The van der Waals surface area contributed by atoms with E-state index in [1.54, 1.807) is 40.8 Å². The largest absolute Gasteiger partial charge is 0.497 e. The Morgan fingerprint density at radius 1 is 1.08 bits per heavy atom. The van der Waals surface area contributed by atoms with Crippen molar-refractivity contribution in [2.24, 2.45) is 0 Å². The molecule has 184 valence electrons. The molecule has 2 heterocycles. The fourth-order valence-corrected chi connectivity index (χ4v) is 5.14.